The number of nitrogens with zero attached hydrogens (tertiary/aromatic N) is 3. The zero-order valence-corrected chi connectivity index (χ0v) is 18.6. The number of ether oxygens (including phenoxy) is 2. The third kappa shape index (κ3) is 4.89. The van der Waals surface area contributed by atoms with Crippen LogP contribution in [0.2, 0.25) is 0 Å². The number of carbonyl (C=O) groups excluding carboxylic acids is 1. The van der Waals surface area contributed by atoms with Gasteiger partial charge >= 0.3 is 0 Å². The Hall–Kier alpha value is -2.70. The molecule has 0 radical (unpaired) electrons. The van der Waals surface area contributed by atoms with Crippen LogP contribution in [0.3, 0.4) is 0 Å². The first kappa shape index (κ1) is 22.0. The van der Waals surface area contributed by atoms with E-state index in [4.69, 9.17) is 14.5 Å². The number of aryl methyl sites for hydroxylation is 3. The molecule has 30 heavy (non-hydrogen) atoms. The van der Waals surface area contributed by atoms with Crippen molar-refractivity contribution in [2.45, 2.75) is 27.2 Å². The third-order valence-corrected chi connectivity index (χ3v) is 5.46. The molecule has 0 aliphatic carbocycles. The minimum Gasteiger partial charge on any atom is -0.383 e. The number of amides is 1. The Morgan fingerprint density at radius 2 is 1.70 bits per heavy atom. The molecule has 1 amide bonds. The highest BCUT2D eigenvalue weighted by Gasteiger charge is 2.21. The molecule has 0 spiro atoms. The number of methoxy groups -OCH3 is 2. The minimum absolute atomic E-state index is 0.0385. The maximum atomic E-state index is 13.2. The molecule has 3 rings (SSSR count). The fourth-order valence-corrected chi connectivity index (χ4v) is 3.51. The van der Waals surface area contributed by atoms with Gasteiger partial charge in [-0.2, -0.15) is 0 Å². The van der Waals surface area contributed by atoms with E-state index >= 15 is 0 Å². The standard InChI is InChI=1S/C24H31N3O3/c1-17-8-9-27-21(16-23(28)26(10-12-29-4)11-13-30-5)24(25-22(27)14-17)20-7-6-18(2)19(3)15-20/h6-9,14-15H,10-13,16H2,1-5H3. The molecular formula is C24H31N3O3. The monoisotopic (exact) mass is 409 g/mol. The average Bonchev–Trinajstić information content (AvgIpc) is 3.07. The summed E-state index contributed by atoms with van der Waals surface area (Å²) in [6.45, 7) is 8.30. The van der Waals surface area contributed by atoms with Crippen LogP contribution in [0.1, 0.15) is 22.4 Å². The van der Waals surface area contributed by atoms with E-state index < -0.39 is 0 Å². The average molecular weight is 410 g/mol. The lowest BCUT2D eigenvalue weighted by molar-refractivity contribution is -0.131. The Morgan fingerprint density at radius 3 is 2.33 bits per heavy atom. The fraction of sp³-hybridized carbons (Fsp3) is 0.417. The van der Waals surface area contributed by atoms with Crippen molar-refractivity contribution in [3.8, 4) is 11.3 Å². The van der Waals surface area contributed by atoms with E-state index in [2.05, 4.69) is 32.0 Å². The van der Waals surface area contributed by atoms with Gasteiger partial charge in [0.05, 0.1) is 31.0 Å². The summed E-state index contributed by atoms with van der Waals surface area (Å²) in [6, 6.07) is 10.4. The van der Waals surface area contributed by atoms with Crippen LogP contribution in [-0.4, -0.2) is 60.7 Å². The highest BCUT2D eigenvalue weighted by atomic mass is 16.5. The van der Waals surface area contributed by atoms with Gasteiger partial charge in [0.1, 0.15) is 5.65 Å². The maximum absolute atomic E-state index is 13.2. The summed E-state index contributed by atoms with van der Waals surface area (Å²) in [5.74, 6) is 0.0385. The summed E-state index contributed by atoms with van der Waals surface area (Å²) in [5.41, 5.74) is 7.22. The van der Waals surface area contributed by atoms with Crippen molar-refractivity contribution in [2.24, 2.45) is 0 Å². The SMILES string of the molecule is COCCN(CCOC)C(=O)Cc1c(-c2ccc(C)c(C)c2)nc2cc(C)ccn12. The van der Waals surface area contributed by atoms with Crippen molar-refractivity contribution in [1.29, 1.82) is 0 Å². The molecule has 0 atom stereocenters. The number of carbonyl (C=O) groups is 1. The lowest BCUT2D eigenvalue weighted by Gasteiger charge is -2.22. The Balaban J connectivity index is 2.02. The molecule has 2 aromatic heterocycles. The molecule has 0 aliphatic rings. The van der Waals surface area contributed by atoms with Gasteiger partial charge in [-0.3, -0.25) is 4.79 Å². The van der Waals surface area contributed by atoms with E-state index in [1.165, 1.54) is 11.1 Å². The second kappa shape index (κ2) is 9.87. The highest BCUT2D eigenvalue weighted by Crippen LogP contribution is 2.27. The van der Waals surface area contributed by atoms with Gasteiger partial charge in [-0.1, -0.05) is 12.1 Å². The van der Waals surface area contributed by atoms with Gasteiger partial charge in [-0.25, -0.2) is 4.98 Å². The van der Waals surface area contributed by atoms with Crippen LogP contribution in [0, 0.1) is 20.8 Å². The molecule has 1 aromatic carbocycles. The zero-order valence-electron chi connectivity index (χ0n) is 18.6. The normalized spacial score (nSPS) is 11.2. The predicted octanol–water partition coefficient (Wildman–Crippen LogP) is 3.59. The number of imidazole rings is 1. The smallest absolute Gasteiger partial charge is 0.228 e. The summed E-state index contributed by atoms with van der Waals surface area (Å²) in [4.78, 5) is 19.9. The number of aromatic nitrogens is 2. The molecule has 160 valence electrons. The van der Waals surface area contributed by atoms with E-state index in [0.29, 0.717) is 26.3 Å². The Bertz CT molecular complexity index is 1020. The lowest BCUT2D eigenvalue weighted by Crippen LogP contribution is -2.37. The van der Waals surface area contributed by atoms with Crippen LogP contribution >= 0.6 is 0 Å². The van der Waals surface area contributed by atoms with Crippen LogP contribution < -0.4 is 0 Å². The molecule has 2 heterocycles. The molecule has 0 saturated carbocycles. The molecule has 6 heteroatoms. The van der Waals surface area contributed by atoms with E-state index in [1.54, 1.807) is 19.1 Å². The Kier molecular flexibility index (Phi) is 7.24. The van der Waals surface area contributed by atoms with Crippen molar-refractivity contribution >= 4 is 11.6 Å². The topological polar surface area (TPSA) is 56.1 Å². The second-order valence-electron chi connectivity index (χ2n) is 7.68. The fourth-order valence-electron chi connectivity index (χ4n) is 3.51. The first-order valence-corrected chi connectivity index (χ1v) is 10.3. The molecule has 0 aliphatic heterocycles. The molecular weight excluding hydrogens is 378 g/mol. The quantitative estimate of drug-likeness (QED) is 0.542. The minimum atomic E-state index is 0.0385. The Morgan fingerprint density at radius 1 is 1.00 bits per heavy atom. The van der Waals surface area contributed by atoms with Crippen molar-refractivity contribution in [1.82, 2.24) is 14.3 Å². The molecule has 6 nitrogen and oxygen atoms in total. The van der Waals surface area contributed by atoms with Crippen molar-refractivity contribution in [3.05, 3.63) is 58.9 Å². The summed E-state index contributed by atoms with van der Waals surface area (Å²) in [6.07, 6.45) is 2.26. The van der Waals surface area contributed by atoms with Gasteiger partial charge in [0.15, 0.2) is 0 Å². The van der Waals surface area contributed by atoms with E-state index in [9.17, 15) is 4.79 Å². The van der Waals surface area contributed by atoms with Gasteiger partial charge in [0.2, 0.25) is 5.91 Å². The molecule has 0 fully saturated rings. The summed E-state index contributed by atoms with van der Waals surface area (Å²) in [5, 5.41) is 0. The van der Waals surface area contributed by atoms with Crippen LogP contribution in [-0.2, 0) is 20.7 Å². The van der Waals surface area contributed by atoms with Crippen LogP contribution in [0.4, 0.5) is 0 Å². The van der Waals surface area contributed by atoms with Gasteiger partial charge in [-0.15, -0.1) is 0 Å². The predicted molar refractivity (Wildman–Crippen MR) is 119 cm³/mol. The van der Waals surface area contributed by atoms with Gasteiger partial charge in [0.25, 0.3) is 0 Å². The van der Waals surface area contributed by atoms with Gasteiger partial charge in [-0.05, 0) is 55.7 Å². The largest absolute Gasteiger partial charge is 0.383 e. The number of fused-ring (bicyclic) bond motifs is 1. The molecule has 0 bridgehead atoms. The molecule has 0 N–H and O–H groups in total. The number of rotatable bonds is 9. The van der Waals surface area contributed by atoms with Crippen molar-refractivity contribution < 1.29 is 14.3 Å². The van der Waals surface area contributed by atoms with Crippen LogP contribution in [0.5, 0.6) is 0 Å². The Labute approximate surface area is 178 Å². The molecule has 3 aromatic rings. The number of benzene rings is 1. The van der Waals surface area contributed by atoms with E-state index in [0.717, 1.165) is 28.2 Å². The number of hydrogen-bond donors (Lipinski definition) is 0. The van der Waals surface area contributed by atoms with Gasteiger partial charge in [0, 0.05) is 39.1 Å². The van der Waals surface area contributed by atoms with E-state index in [-0.39, 0.29) is 12.3 Å². The maximum Gasteiger partial charge on any atom is 0.228 e. The lowest BCUT2D eigenvalue weighted by atomic mass is 10.0. The van der Waals surface area contributed by atoms with Crippen molar-refractivity contribution in [2.75, 3.05) is 40.5 Å². The van der Waals surface area contributed by atoms with Gasteiger partial charge < -0.3 is 18.8 Å². The molecule has 0 unspecified atom stereocenters. The van der Waals surface area contributed by atoms with Crippen LogP contribution in [0.15, 0.2) is 36.5 Å². The zero-order chi connectivity index (χ0) is 21.7. The summed E-state index contributed by atoms with van der Waals surface area (Å²) < 4.78 is 12.4. The highest BCUT2D eigenvalue weighted by molar-refractivity contribution is 5.82. The summed E-state index contributed by atoms with van der Waals surface area (Å²) >= 11 is 0. The van der Waals surface area contributed by atoms with E-state index in [1.807, 2.05) is 29.7 Å². The molecule has 0 saturated heterocycles. The third-order valence-electron chi connectivity index (χ3n) is 5.46. The number of hydrogen-bond acceptors (Lipinski definition) is 4. The number of pyridine rings is 1. The van der Waals surface area contributed by atoms with Crippen LogP contribution in [0.25, 0.3) is 16.9 Å². The second-order valence-corrected chi connectivity index (χ2v) is 7.68. The first-order valence-electron chi connectivity index (χ1n) is 10.3. The van der Waals surface area contributed by atoms with Crippen molar-refractivity contribution in [3.63, 3.8) is 0 Å². The first-order chi connectivity index (χ1) is 14.4. The summed E-state index contributed by atoms with van der Waals surface area (Å²) in [7, 11) is 3.28.